The highest BCUT2D eigenvalue weighted by Gasteiger charge is 2.27. The molecule has 114 valence electrons. The molecule has 2 heterocycles. The molecule has 1 aliphatic heterocycles. The molecule has 0 saturated heterocycles. The van der Waals surface area contributed by atoms with Gasteiger partial charge in [-0.05, 0) is 30.4 Å². The lowest BCUT2D eigenvalue weighted by molar-refractivity contribution is 0.573. The maximum atomic E-state index is 6.42. The summed E-state index contributed by atoms with van der Waals surface area (Å²) in [5.41, 5.74) is 3.82. The number of fused-ring (bicyclic) bond motifs is 1. The zero-order valence-corrected chi connectivity index (χ0v) is 13.7. The van der Waals surface area contributed by atoms with Crippen molar-refractivity contribution in [1.82, 2.24) is 14.8 Å². The van der Waals surface area contributed by atoms with Crippen molar-refractivity contribution in [3.8, 4) is 0 Å². The van der Waals surface area contributed by atoms with Gasteiger partial charge in [0.15, 0.2) is 0 Å². The third kappa shape index (κ3) is 2.75. The Balaban J connectivity index is 1.48. The average Bonchev–Trinajstić information content (AvgIpc) is 2.94. The van der Waals surface area contributed by atoms with Crippen molar-refractivity contribution in [2.45, 2.75) is 42.1 Å². The number of rotatable bonds is 3. The Bertz CT molecular complexity index is 710. The number of nitrogens with one attached hydrogen (secondary N) is 1. The molecule has 2 aliphatic rings. The minimum absolute atomic E-state index is 0.0922. The number of thioether (sulfide) groups is 1. The number of aromatic nitrogens is 3. The quantitative estimate of drug-likeness (QED) is 0.680. The van der Waals surface area contributed by atoms with Crippen LogP contribution < -0.4 is 5.32 Å². The molecule has 0 spiro atoms. The van der Waals surface area contributed by atoms with Gasteiger partial charge in [0.2, 0.25) is 11.1 Å². The Morgan fingerprint density at radius 3 is 3.05 bits per heavy atom. The van der Waals surface area contributed by atoms with Gasteiger partial charge in [-0.2, -0.15) is 4.98 Å². The standard InChI is InChI=1S/C16H17ClN4S/c17-13-8-4-7-12-9-21-15(18-14(12)13)19-16(20-21)22-10-11-5-2-1-3-6-11/h1-3,5-6,13H,4,7-10H2,(H,18,19,20). The number of halogens is 1. The van der Waals surface area contributed by atoms with Crippen LogP contribution in [0.2, 0.25) is 0 Å². The second-order valence-electron chi connectivity index (χ2n) is 5.65. The molecule has 4 rings (SSSR count). The first-order valence-electron chi connectivity index (χ1n) is 7.54. The van der Waals surface area contributed by atoms with Gasteiger partial charge < -0.3 is 5.32 Å². The normalized spacial score (nSPS) is 20.3. The molecule has 22 heavy (non-hydrogen) atoms. The molecule has 0 fully saturated rings. The minimum Gasteiger partial charge on any atom is -0.327 e. The summed E-state index contributed by atoms with van der Waals surface area (Å²) < 4.78 is 1.96. The molecule has 0 radical (unpaired) electrons. The van der Waals surface area contributed by atoms with Crippen LogP contribution in [0.4, 0.5) is 5.95 Å². The molecule has 0 saturated carbocycles. The molecule has 0 amide bonds. The maximum absolute atomic E-state index is 6.42. The number of nitrogens with zero attached hydrogens (tertiary/aromatic N) is 3. The third-order valence-corrected chi connectivity index (χ3v) is 5.43. The first kappa shape index (κ1) is 14.2. The van der Waals surface area contributed by atoms with E-state index in [-0.39, 0.29) is 5.38 Å². The maximum Gasteiger partial charge on any atom is 0.226 e. The predicted octanol–water partition coefficient (Wildman–Crippen LogP) is 4.04. The molecule has 1 unspecified atom stereocenters. The fourth-order valence-electron chi connectivity index (χ4n) is 2.93. The topological polar surface area (TPSA) is 42.7 Å². The van der Waals surface area contributed by atoms with Crippen molar-refractivity contribution in [3.05, 3.63) is 47.2 Å². The molecule has 1 aromatic carbocycles. The Morgan fingerprint density at radius 1 is 1.32 bits per heavy atom. The lowest BCUT2D eigenvalue weighted by Gasteiger charge is -2.29. The van der Waals surface area contributed by atoms with Gasteiger partial charge in [0.25, 0.3) is 0 Å². The van der Waals surface area contributed by atoms with Crippen molar-refractivity contribution in [3.63, 3.8) is 0 Å². The van der Waals surface area contributed by atoms with Gasteiger partial charge in [-0.25, -0.2) is 4.68 Å². The van der Waals surface area contributed by atoms with E-state index < -0.39 is 0 Å². The Kier molecular flexibility index (Phi) is 3.84. The van der Waals surface area contributed by atoms with Crippen LogP contribution in [0.5, 0.6) is 0 Å². The largest absolute Gasteiger partial charge is 0.327 e. The van der Waals surface area contributed by atoms with E-state index in [2.05, 4.69) is 39.7 Å². The van der Waals surface area contributed by atoms with Crippen LogP contribution in [0.3, 0.4) is 0 Å². The molecule has 1 N–H and O–H groups in total. The highest BCUT2D eigenvalue weighted by molar-refractivity contribution is 7.98. The van der Waals surface area contributed by atoms with E-state index in [1.165, 1.54) is 11.1 Å². The van der Waals surface area contributed by atoms with Crippen LogP contribution >= 0.6 is 23.4 Å². The number of anilines is 1. The van der Waals surface area contributed by atoms with E-state index in [4.69, 9.17) is 11.6 Å². The van der Waals surface area contributed by atoms with Gasteiger partial charge in [-0.3, -0.25) is 0 Å². The van der Waals surface area contributed by atoms with E-state index in [1.54, 1.807) is 11.8 Å². The summed E-state index contributed by atoms with van der Waals surface area (Å²) in [5.74, 6) is 1.71. The van der Waals surface area contributed by atoms with Gasteiger partial charge in [0.05, 0.1) is 11.9 Å². The Labute approximate surface area is 139 Å². The van der Waals surface area contributed by atoms with E-state index in [1.807, 2.05) is 10.7 Å². The van der Waals surface area contributed by atoms with Gasteiger partial charge in [0, 0.05) is 11.4 Å². The first-order chi connectivity index (χ1) is 10.8. The zero-order chi connectivity index (χ0) is 14.9. The highest BCUT2D eigenvalue weighted by Crippen LogP contribution is 2.34. The molecule has 1 aromatic heterocycles. The lowest BCUT2D eigenvalue weighted by atomic mass is 9.95. The molecule has 0 bridgehead atoms. The summed E-state index contributed by atoms with van der Waals surface area (Å²) >= 11 is 8.09. The van der Waals surface area contributed by atoms with Crippen molar-refractivity contribution in [2.24, 2.45) is 0 Å². The summed E-state index contributed by atoms with van der Waals surface area (Å²) in [4.78, 5) is 4.60. The fraction of sp³-hybridized carbons (Fsp3) is 0.375. The van der Waals surface area contributed by atoms with Crippen LogP contribution in [0.1, 0.15) is 24.8 Å². The van der Waals surface area contributed by atoms with Gasteiger partial charge in [-0.15, -0.1) is 16.7 Å². The van der Waals surface area contributed by atoms with Crippen LogP contribution in [0.25, 0.3) is 0 Å². The predicted molar refractivity (Wildman–Crippen MR) is 90.2 cm³/mol. The monoisotopic (exact) mass is 332 g/mol. The van der Waals surface area contributed by atoms with Crippen LogP contribution in [0, 0.1) is 0 Å². The summed E-state index contributed by atoms with van der Waals surface area (Å²) in [6.07, 6.45) is 3.31. The van der Waals surface area contributed by atoms with Gasteiger partial charge in [0.1, 0.15) is 0 Å². The Hall–Kier alpha value is -1.46. The summed E-state index contributed by atoms with van der Waals surface area (Å²) in [6, 6.07) is 10.4. The molecule has 2 aromatic rings. The number of alkyl halides is 1. The average molecular weight is 333 g/mol. The smallest absolute Gasteiger partial charge is 0.226 e. The van der Waals surface area contributed by atoms with Crippen molar-refractivity contribution in [1.29, 1.82) is 0 Å². The van der Waals surface area contributed by atoms with E-state index >= 15 is 0 Å². The first-order valence-corrected chi connectivity index (χ1v) is 8.96. The second kappa shape index (κ2) is 5.97. The summed E-state index contributed by atoms with van der Waals surface area (Å²) in [5, 5.41) is 8.91. The minimum atomic E-state index is 0.0922. The van der Waals surface area contributed by atoms with Gasteiger partial charge >= 0.3 is 0 Å². The van der Waals surface area contributed by atoms with E-state index in [9.17, 15) is 0 Å². The van der Waals surface area contributed by atoms with Crippen LogP contribution in [0.15, 0.2) is 46.8 Å². The number of allylic oxidation sites excluding steroid dienone is 2. The van der Waals surface area contributed by atoms with E-state index in [0.717, 1.165) is 48.4 Å². The molecule has 4 nitrogen and oxygen atoms in total. The fourth-order valence-corrected chi connectivity index (χ4v) is 4.09. The van der Waals surface area contributed by atoms with Crippen molar-refractivity contribution < 1.29 is 0 Å². The van der Waals surface area contributed by atoms with Gasteiger partial charge in [-0.1, -0.05) is 42.1 Å². The summed E-state index contributed by atoms with van der Waals surface area (Å²) in [6.45, 7) is 0.819. The van der Waals surface area contributed by atoms with Crippen molar-refractivity contribution in [2.75, 3.05) is 5.32 Å². The Morgan fingerprint density at radius 2 is 2.18 bits per heavy atom. The summed E-state index contributed by atoms with van der Waals surface area (Å²) in [7, 11) is 0. The molecule has 1 atom stereocenters. The van der Waals surface area contributed by atoms with E-state index in [0.29, 0.717) is 0 Å². The number of hydrogen-bond donors (Lipinski definition) is 1. The lowest BCUT2D eigenvalue weighted by Crippen LogP contribution is -2.27. The second-order valence-corrected chi connectivity index (χ2v) is 7.12. The van der Waals surface area contributed by atoms with Crippen LogP contribution in [-0.2, 0) is 12.3 Å². The molecular formula is C16H17ClN4S. The molecule has 1 aliphatic carbocycles. The zero-order valence-electron chi connectivity index (χ0n) is 12.1. The SMILES string of the molecule is ClC1CCCC2=C1Nc1nc(SCc3ccccc3)nn1C2. The van der Waals surface area contributed by atoms with Crippen LogP contribution in [-0.4, -0.2) is 20.1 Å². The third-order valence-electron chi connectivity index (χ3n) is 4.08. The number of benzene rings is 1. The molecular weight excluding hydrogens is 316 g/mol. The molecule has 6 heteroatoms. The van der Waals surface area contributed by atoms with Crippen molar-refractivity contribution >= 4 is 29.3 Å². The highest BCUT2D eigenvalue weighted by atomic mass is 35.5. The number of hydrogen-bond acceptors (Lipinski definition) is 4.